The molecule has 0 saturated heterocycles. The number of aromatic nitrogens is 1. The van der Waals surface area contributed by atoms with Gasteiger partial charge in [0, 0.05) is 6.20 Å². The van der Waals surface area contributed by atoms with Crippen LogP contribution in [0.15, 0.2) is 18.3 Å². The molecule has 21 heavy (non-hydrogen) atoms. The molecule has 1 amide bonds. The molecule has 1 aromatic rings. The van der Waals surface area contributed by atoms with Gasteiger partial charge in [0.1, 0.15) is 11.3 Å². The average molecular weight is 292 g/mol. The fourth-order valence-electron chi connectivity index (χ4n) is 2.01. The predicted octanol–water partition coefficient (Wildman–Crippen LogP) is 2.38. The van der Waals surface area contributed by atoms with Crippen LogP contribution in [-0.2, 0) is 15.0 Å². The Balaban J connectivity index is 2.07. The van der Waals surface area contributed by atoms with E-state index < -0.39 is 23.2 Å². The Morgan fingerprint density at radius 1 is 1.29 bits per heavy atom. The number of methoxy groups -OCH3 is 1. The van der Waals surface area contributed by atoms with Gasteiger partial charge in [0.2, 0.25) is 0 Å². The lowest BCUT2D eigenvalue weighted by molar-refractivity contribution is 0.0493. The molecule has 1 heterocycles. The summed E-state index contributed by atoms with van der Waals surface area (Å²) in [6.45, 7) is 5.45. The van der Waals surface area contributed by atoms with Crippen molar-refractivity contribution in [3.63, 3.8) is 0 Å². The fraction of sp³-hybridized carbons (Fsp3) is 0.533. The molecule has 1 aliphatic carbocycles. The van der Waals surface area contributed by atoms with E-state index in [1.54, 1.807) is 18.3 Å². The summed E-state index contributed by atoms with van der Waals surface area (Å²) in [5.41, 5.74) is 0.146. The number of nitrogens with one attached hydrogen (secondary N) is 1. The molecule has 0 spiro atoms. The summed E-state index contributed by atoms with van der Waals surface area (Å²) >= 11 is 0. The molecule has 6 nitrogen and oxygen atoms in total. The molecular weight excluding hydrogens is 272 g/mol. The molecule has 114 valence electrons. The fourth-order valence-corrected chi connectivity index (χ4v) is 2.01. The molecule has 2 rings (SSSR count). The normalized spacial score (nSPS) is 16.0. The summed E-state index contributed by atoms with van der Waals surface area (Å²) in [5, 5.41) is 2.89. The van der Waals surface area contributed by atoms with E-state index in [9.17, 15) is 9.59 Å². The quantitative estimate of drug-likeness (QED) is 0.865. The van der Waals surface area contributed by atoms with Crippen LogP contribution in [0.25, 0.3) is 0 Å². The monoisotopic (exact) mass is 292 g/mol. The Morgan fingerprint density at radius 2 is 1.95 bits per heavy atom. The zero-order valence-corrected chi connectivity index (χ0v) is 12.7. The molecule has 0 unspecified atom stereocenters. The molecule has 0 radical (unpaired) electrons. The maximum Gasteiger partial charge on any atom is 0.408 e. The lowest BCUT2D eigenvalue weighted by Gasteiger charge is -2.23. The molecule has 6 heteroatoms. The molecule has 1 aliphatic rings. The minimum absolute atomic E-state index is 0.245. The first-order valence-electron chi connectivity index (χ1n) is 6.82. The van der Waals surface area contributed by atoms with E-state index in [4.69, 9.17) is 4.74 Å². The van der Waals surface area contributed by atoms with Gasteiger partial charge in [-0.05, 0) is 45.2 Å². The van der Waals surface area contributed by atoms with Crippen molar-refractivity contribution in [2.24, 2.45) is 0 Å². The SMILES string of the molecule is COC(=O)c1ccc(C2(NC(=O)OC(C)(C)C)CC2)cn1. The van der Waals surface area contributed by atoms with E-state index >= 15 is 0 Å². The van der Waals surface area contributed by atoms with Gasteiger partial charge in [-0.1, -0.05) is 6.07 Å². The van der Waals surface area contributed by atoms with Crippen molar-refractivity contribution in [3.8, 4) is 0 Å². The highest BCUT2D eigenvalue weighted by Crippen LogP contribution is 2.45. The predicted molar refractivity (Wildman–Crippen MR) is 75.9 cm³/mol. The van der Waals surface area contributed by atoms with Crippen LogP contribution in [0.1, 0.15) is 49.7 Å². The highest BCUT2D eigenvalue weighted by Gasteiger charge is 2.46. The van der Waals surface area contributed by atoms with Gasteiger partial charge in [0.25, 0.3) is 0 Å². The maximum absolute atomic E-state index is 11.9. The molecule has 0 atom stereocenters. The highest BCUT2D eigenvalue weighted by molar-refractivity contribution is 5.87. The van der Waals surface area contributed by atoms with Crippen molar-refractivity contribution in [2.45, 2.75) is 44.8 Å². The summed E-state index contributed by atoms with van der Waals surface area (Å²) in [4.78, 5) is 27.3. The average Bonchev–Trinajstić information content (AvgIpc) is 3.16. The van der Waals surface area contributed by atoms with Crippen molar-refractivity contribution < 1.29 is 19.1 Å². The Hall–Kier alpha value is -2.11. The van der Waals surface area contributed by atoms with Crippen molar-refractivity contribution >= 4 is 12.1 Å². The van der Waals surface area contributed by atoms with Crippen LogP contribution >= 0.6 is 0 Å². The van der Waals surface area contributed by atoms with E-state index in [1.807, 2.05) is 20.8 Å². The van der Waals surface area contributed by atoms with Gasteiger partial charge in [0.05, 0.1) is 12.6 Å². The molecule has 1 aromatic heterocycles. The standard InChI is InChI=1S/C15H20N2O4/c1-14(2,3)21-13(19)17-15(7-8-15)10-5-6-11(16-9-10)12(18)20-4/h5-6,9H,7-8H2,1-4H3,(H,17,19). The van der Waals surface area contributed by atoms with Crippen LogP contribution in [-0.4, -0.2) is 29.8 Å². The number of hydrogen-bond acceptors (Lipinski definition) is 5. The Morgan fingerprint density at radius 3 is 2.38 bits per heavy atom. The Kier molecular flexibility index (Phi) is 3.89. The van der Waals surface area contributed by atoms with Gasteiger partial charge < -0.3 is 14.8 Å². The van der Waals surface area contributed by atoms with Gasteiger partial charge in [-0.25, -0.2) is 14.6 Å². The van der Waals surface area contributed by atoms with Crippen LogP contribution in [0.2, 0.25) is 0 Å². The molecule has 1 saturated carbocycles. The number of hydrogen-bond donors (Lipinski definition) is 1. The van der Waals surface area contributed by atoms with Crippen molar-refractivity contribution in [3.05, 3.63) is 29.6 Å². The third-order valence-electron chi connectivity index (χ3n) is 3.20. The highest BCUT2D eigenvalue weighted by atomic mass is 16.6. The molecule has 0 aliphatic heterocycles. The van der Waals surface area contributed by atoms with Crippen LogP contribution in [0.5, 0.6) is 0 Å². The number of pyridine rings is 1. The summed E-state index contributed by atoms with van der Waals surface area (Å²) in [7, 11) is 1.31. The molecule has 0 bridgehead atoms. The smallest absolute Gasteiger partial charge is 0.408 e. The second-order valence-electron chi connectivity index (χ2n) is 6.13. The molecular formula is C15H20N2O4. The van der Waals surface area contributed by atoms with Gasteiger partial charge in [0.15, 0.2) is 0 Å². The summed E-state index contributed by atoms with van der Waals surface area (Å²) in [5.74, 6) is -0.480. The van der Waals surface area contributed by atoms with Crippen LogP contribution < -0.4 is 5.32 Å². The topological polar surface area (TPSA) is 77.5 Å². The number of esters is 1. The van der Waals surface area contributed by atoms with Crippen molar-refractivity contribution in [2.75, 3.05) is 7.11 Å². The number of rotatable bonds is 3. The Labute approximate surface area is 123 Å². The largest absolute Gasteiger partial charge is 0.464 e. The van der Waals surface area contributed by atoms with E-state index in [-0.39, 0.29) is 5.69 Å². The van der Waals surface area contributed by atoms with E-state index in [2.05, 4.69) is 15.0 Å². The molecule has 0 aromatic carbocycles. The second kappa shape index (κ2) is 5.35. The first-order chi connectivity index (χ1) is 9.76. The number of alkyl carbamates (subject to hydrolysis) is 1. The minimum Gasteiger partial charge on any atom is -0.464 e. The third kappa shape index (κ3) is 3.71. The number of nitrogens with zero attached hydrogens (tertiary/aromatic N) is 1. The van der Waals surface area contributed by atoms with Crippen LogP contribution in [0.3, 0.4) is 0 Å². The number of carbonyl (C=O) groups excluding carboxylic acids is 2. The lowest BCUT2D eigenvalue weighted by Crippen LogP contribution is -2.39. The zero-order chi connectivity index (χ0) is 15.7. The van der Waals surface area contributed by atoms with Crippen molar-refractivity contribution in [1.29, 1.82) is 0 Å². The Bertz CT molecular complexity index is 542. The molecule has 1 N–H and O–H groups in total. The van der Waals surface area contributed by atoms with Gasteiger partial charge in [-0.15, -0.1) is 0 Å². The van der Waals surface area contributed by atoms with Gasteiger partial charge in [-0.2, -0.15) is 0 Å². The zero-order valence-electron chi connectivity index (χ0n) is 12.7. The van der Waals surface area contributed by atoms with Crippen LogP contribution in [0.4, 0.5) is 4.79 Å². The minimum atomic E-state index is -0.535. The number of amides is 1. The first-order valence-corrected chi connectivity index (χ1v) is 6.82. The van der Waals surface area contributed by atoms with Gasteiger partial charge >= 0.3 is 12.1 Å². The summed E-state index contributed by atoms with van der Waals surface area (Å²) < 4.78 is 9.88. The first kappa shape index (κ1) is 15.3. The van der Waals surface area contributed by atoms with Crippen molar-refractivity contribution in [1.82, 2.24) is 10.3 Å². The summed E-state index contributed by atoms with van der Waals surface area (Å²) in [6.07, 6.45) is 2.80. The van der Waals surface area contributed by atoms with E-state index in [0.29, 0.717) is 0 Å². The number of carbonyl (C=O) groups is 2. The van der Waals surface area contributed by atoms with Gasteiger partial charge in [-0.3, -0.25) is 0 Å². The maximum atomic E-state index is 11.9. The summed E-state index contributed by atoms with van der Waals surface area (Å²) in [6, 6.07) is 3.38. The molecule has 1 fully saturated rings. The van der Waals surface area contributed by atoms with Crippen LogP contribution in [0, 0.1) is 0 Å². The second-order valence-corrected chi connectivity index (χ2v) is 6.13. The lowest BCUT2D eigenvalue weighted by atomic mass is 10.1. The van der Waals surface area contributed by atoms with E-state index in [0.717, 1.165) is 18.4 Å². The van der Waals surface area contributed by atoms with E-state index in [1.165, 1.54) is 7.11 Å². The number of ether oxygens (including phenoxy) is 2. The third-order valence-corrected chi connectivity index (χ3v) is 3.20.